The highest BCUT2D eigenvalue weighted by Gasteiger charge is 2.26. The third kappa shape index (κ3) is 4.96. The van der Waals surface area contributed by atoms with Crippen molar-refractivity contribution < 1.29 is 4.74 Å². The maximum Gasteiger partial charge on any atom is 0.253 e. The van der Waals surface area contributed by atoms with Crippen LogP contribution in [-0.2, 0) is 6.54 Å². The van der Waals surface area contributed by atoms with Crippen LogP contribution in [0.3, 0.4) is 0 Å². The predicted molar refractivity (Wildman–Crippen MR) is 136 cm³/mol. The van der Waals surface area contributed by atoms with E-state index < -0.39 is 0 Å². The second kappa shape index (κ2) is 9.74. The Balaban J connectivity index is 1.60. The van der Waals surface area contributed by atoms with Crippen molar-refractivity contribution in [2.24, 2.45) is 0 Å². The molecule has 1 saturated carbocycles. The highest BCUT2D eigenvalue weighted by atomic mass is 32.1. The maximum atomic E-state index is 12.9. The zero-order chi connectivity index (χ0) is 22.7. The fourth-order valence-electron chi connectivity index (χ4n) is 4.60. The predicted octanol–water partition coefficient (Wildman–Crippen LogP) is 5.69. The van der Waals surface area contributed by atoms with Gasteiger partial charge >= 0.3 is 0 Å². The number of hydrogen-bond donors (Lipinski definition) is 2. The van der Waals surface area contributed by atoms with E-state index in [-0.39, 0.29) is 5.56 Å². The van der Waals surface area contributed by atoms with Crippen molar-refractivity contribution in [2.45, 2.75) is 59.0 Å². The Morgan fingerprint density at radius 1 is 1.16 bits per heavy atom. The lowest BCUT2D eigenvalue weighted by molar-refractivity contribution is 0.311. The summed E-state index contributed by atoms with van der Waals surface area (Å²) in [6.45, 7) is 7.24. The Morgan fingerprint density at radius 2 is 1.88 bits per heavy atom. The minimum Gasteiger partial charge on any atom is -0.494 e. The maximum absolute atomic E-state index is 12.9. The quantitative estimate of drug-likeness (QED) is 0.474. The lowest BCUT2D eigenvalue weighted by Gasteiger charge is -2.31. The minimum atomic E-state index is -0.0469. The number of nitrogens with one attached hydrogen (secondary N) is 2. The summed E-state index contributed by atoms with van der Waals surface area (Å²) in [5, 5.41) is 5.11. The molecule has 32 heavy (non-hydrogen) atoms. The van der Waals surface area contributed by atoms with Gasteiger partial charge in [-0.25, -0.2) is 0 Å². The monoisotopic (exact) mass is 449 g/mol. The summed E-state index contributed by atoms with van der Waals surface area (Å²) in [4.78, 5) is 18.2. The molecule has 0 bridgehead atoms. The number of pyridine rings is 1. The zero-order valence-electron chi connectivity index (χ0n) is 19.0. The molecule has 0 atom stereocenters. The number of aromatic amines is 1. The van der Waals surface area contributed by atoms with Crippen molar-refractivity contribution in [1.29, 1.82) is 0 Å². The molecule has 0 spiro atoms. The summed E-state index contributed by atoms with van der Waals surface area (Å²) in [6.07, 6.45) is 4.57. The summed E-state index contributed by atoms with van der Waals surface area (Å²) in [5.74, 6) is 0.838. The molecule has 1 aromatic heterocycles. The number of thiocarbonyl (C=S) groups is 1. The number of ether oxygens (including phenoxy) is 1. The van der Waals surface area contributed by atoms with Gasteiger partial charge in [-0.2, -0.15) is 0 Å². The molecule has 6 heteroatoms. The Labute approximate surface area is 194 Å². The van der Waals surface area contributed by atoms with Crippen LogP contribution in [0.2, 0.25) is 0 Å². The van der Waals surface area contributed by atoms with Crippen molar-refractivity contribution >= 4 is 33.9 Å². The number of rotatable bonds is 6. The molecule has 0 amide bonds. The minimum absolute atomic E-state index is 0.0469. The highest BCUT2D eigenvalue weighted by Crippen LogP contribution is 2.27. The number of anilines is 1. The Bertz CT molecular complexity index is 1160. The number of nitrogens with zero attached hydrogens (tertiary/aromatic N) is 1. The molecule has 2 N–H and O–H groups in total. The van der Waals surface area contributed by atoms with Gasteiger partial charge in [0.05, 0.1) is 13.2 Å². The first-order valence-electron chi connectivity index (χ1n) is 11.4. The van der Waals surface area contributed by atoms with Crippen molar-refractivity contribution in [3.63, 3.8) is 0 Å². The molecule has 3 aromatic rings. The van der Waals surface area contributed by atoms with Crippen LogP contribution >= 0.6 is 12.2 Å². The van der Waals surface area contributed by atoms with Crippen molar-refractivity contribution in [3.05, 3.63) is 69.5 Å². The second-order valence-electron chi connectivity index (χ2n) is 8.62. The Kier molecular flexibility index (Phi) is 6.80. The Hall–Kier alpha value is -2.86. The van der Waals surface area contributed by atoms with Crippen LogP contribution in [0, 0.1) is 13.8 Å². The van der Waals surface area contributed by atoms with Gasteiger partial charge in [0.1, 0.15) is 5.75 Å². The van der Waals surface area contributed by atoms with Crippen LogP contribution in [0.1, 0.15) is 49.3 Å². The number of aromatic nitrogens is 1. The SMILES string of the molecule is CCOc1ccc(NC(=S)N(Cc2cc3c(C)cc(C)cc3[nH]c2=O)C2CCCC2)cc1. The summed E-state index contributed by atoms with van der Waals surface area (Å²) in [6, 6.07) is 14.4. The van der Waals surface area contributed by atoms with Crippen molar-refractivity contribution in [3.8, 4) is 5.75 Å². The van der Waals surface area contributed by atoms with E-state index in [1.165, 1.54) is 18.4 Å². The molecule has 0 radical (unpaired) electrons. The van der Waals surface area contributed by atoms with Gasteiger partial charge in [-0.1, -0.05) is 18.9 Å². The first-order valence-corrected chi connectivity index (χ1v) is 11.8. The highest BCUT2D eigenvalue weighted by molar-refractivity contribution is 7.80. The third-order valence-electron chi connectivity index (χ3n) is 6.17. The molecule has 4 rings (SSSR count). The standard InChI is InChI=1S/C26H31N3O2S/c1-4-31-22-11-9-20(10-12-22)27-26(32)29(21-7-5-6-8-21)16-19-15-23-18(3)13-17(2)14-24(23)28-25(19)30/h9-15,21H,4-8,16H2,1-3H3,(H,27,32)(H,28,30). The number of aryl methyl sites for hydroxylation is 2. The molecule has 1 fully saturated rings. The van der Waals surface area contributed by atoms with Crippen molar-refractivity contribution in [1.82, 2.24) is 9.88 Å². The van der Waals surface area contributed by atoms with E-state index in [9.17, 15) is 4.79 Å². The van der Waals surface area contributed by atoms with Gasteiger partial charge < -0.3 is 19.9 Å². The van der Waals surface area contributed by atoms with Crippen molar-refractivity contribution in [2.75, 3.05) is 11.9 Å². The molecule has 1 aliphatic rings. The van der Waals surface area contributed by atoms with Crippen LogP contribution in [-0.4, -0.2) is 27.6 Å². The summed E-state index contributed by atoms with van der Waals surface area (Å²) in [5.41, 5.74) is 4.81. The van der Waals surface area contributed by atoms with Gasteiger partial charge in [0.25, 0.3) is 5.56 Å². The lowest BCUT2D eigenvalue weighted by atomic mass is 10.0. The lowest BCUT2D eigenvalue weighted by Crippen LogP contribution is -2.42. The van der Waals surface area contributed by atoms with Gasteiger partial charge in [-0.3, -0.25) is 4.79 Å². The van der Waals surface area contributed by atoms with Crippen LogP contribution in [0.25, 0.3) is 10.9 Å². The molecular weight excluding hydrogens is 418 g/mol. The van der Waals surface area contributed by atoms with E-state index in [1.807, 2.05) is 50.2 Å². The van der Waals surface area contributed by atoms with Crippen LogP contribution in [0.5, 0.6) is 5.75 Å². The van der Waals surface area contributed by atoms with E-state index >= 15 is 0 Å². The van der Waals surface area contributed by atoms with Gasteiger partial charge in [-0.05, 0) is 93.4 Å². The molecule has 5 nitrogen and oxygen atoms in total. The van der Waals surface area contributed by atoms with Crippen LogP contribution < -0.4 is 15.6 Å². The smallest absolute Gasteiger partial charge is 0.253 e. The average Bonchev–Trinajstić information content (AvgIpc) is 3.28. The van der Waals surface area contributed by atoms with E-state index in [1.54, 1.807) is 0 Å². The largest absolute Gasteiger partial charge is 0.494 e. The summed E-state index contributed by atoms with van der Waals surface area (Å²) < 4.78 is 5.53. The van der Waals surface area contributed by atoms with E-state index in [0.29, 0.717) is 24.3 Å². The molecule has 168 valence electrons. The number of fused-ring (bicyclic) bond motifs is 1. The van der Waals surface area contributed by atoms with Gasteiger partial charge in [0, 0.05) is 28.2 Å². The second-order valence-corrected chi connectivity index (χ2v) is 9.01. The summed E-state index contributed by atoms with van der Waals surface area (Å²) in [7, 11) is 0. The van der Waals surface area contributed by atoms with Gasteiger partial charge in [-0.15, -0.1) is 0 Å². The van der Waals surface area contributed by atoms with Gasteiger partial charge in [0.2, 0.25) is 0 Å². The topological polar surface area (TPSA) is 57.4 Å². The molecule has 2 aromatic carbocycles. The van der Waals surface area contributed by atoms with Gasteiger partial charge in [0.15, 0.2) is 5.11 Å². The van der Waals surface area contributed by atoms with E-state index in [4.69, 9.17) is 17.0 Å². The normalized spacial score (nSPS) is 14.0. The fraction of sp³-hybridized carbons (Fsp3) is 0.385. The number of hydrogen-bond acceptors (Lipinski definition) is 3. The van der Waals surface area contributed by atoms with E-state index in [0.717, 1.165) is 46.3 Å². The first-order chi connectivity index (χ1) is 15.4. The zero-order valence-corrected chi connectivity index (χ0v) is 19.8. The fourth-order valence-corrected chi connectivity index (χ4v) is 4.93. The molecule has 0 aliphatic heterocycles. The van der Waals surface area contributed by atoms with Crippen LogP contribution in [0.15, 0.2) is 47.3 Å². The van der Waals surface area contributed by atoms with E-state index in [2.05, 4.69) is 28.2 Å². The molecule has 1 heterocycles. The molecule has 0 saturated heterocycles. The molecule has 1 aliphatic carbocycles. The first kappa shape index (κ1) is 22.3. The number of H-pyrrole nitrogens is 1. The number of benzene rings is 2. The summed E-state index contributed by atoms with van der Waals surface area (Å²) >= 11 is 5.83. The molecule has 0 unspecified atom stereocenters. The van der Waals surface area contributed by atoms with Crippen LogP contribution in [0.4, 0.5) is 5.69 Å². The Morgan fingerprint density at radius 3 is 2.56 bits per heavy atom. The molecular formula is C26H31N3O2S. The third-order valence-corrected chi connectivity index (χ3v) is 6.51. The average molecular weight is 450 g/mol.